The second-order valence-corrected chi connectivity index (χ2v) is 5.96. The van der Waals surface area contributed by atoms with Crippen molar-refractivity contribution in [3.05, 3.63) is 0 Å². The summed E-state index contributed by atoms with van der Waals surface area (Å²) in [6.45, 7) is 3.15. The molecule has 0 aromatic heterocycles. The van der Waals surface area contributed by atoms with Crippen molar-refractivity contribution in [2.75, 3.05) is 6.67 Å². The Kier molecular flexibility index (Phi) is 2.46. The third-order valence-corrected chi connectivity index (χ3v) is 4.68. The normalized spacial score (nSPS) is 37.8. The monoisotopic (exact) mass is 222 g/mol. The Hall–Kier alpha value is -0.570. The highest BCUT2D eigenvalue weighted by atomic mass is 16.2. The maximum atomic E-state index is 12.2. The van der Waals surface area contributed by atoms with E-state index in [1.54, 1.807) is 0 Å². The van der Waals surface area contributed by atoms with Gasteiger partial charge in [0.2, 0.25) is 5.91 Å². The molecule has 90 valence electrons. The third-order valence-electron chi connectivity index (χ3n) is 4.68. The predicted molar refractivity (Wildman–Crippen MR) is 62.9 cm³/mol. The Morgan fingerprint density at radius 1 is 1.25 bits per heavy atom. The van der Waals surface area contributed by atoms with Crippen LogP contribution in [0.4, 0.5) is 0 Å². The van der Waals surface area contributed by atoms with E-state index < -0.39 is 0 Å². The van der Waals surface area contributed by atoms with E-state index in [4.69, 9.17) is 0 Å². The molecule has 3 rings (SSSR count). The van der Waals surface area contributed by atoms with Gasteiger partial charge in [-0.1, -0.05) is 19.8 Å². The quantitative estimate of drug-likeness (QED) is 0.687. The summed E-state index contributed by atoms with van der Waals surface area (Å²) in [7, 11) is 0. The summed E-state index contributed by atoms with van der Waals surface area (Å²) in [4.78, 5) is 14.4. The van der Waals surface area contributed by atoms with Gasteiger partial charge in [0.25, 0.3) is 0 Å². The average molecular weight is 222 g/mol. The first-order valence-electron chi connectivity index (χ1n) is 6.77. The number of carbonyl (C=O) groups is 1. The first kappa shape index (κ1) is 10.6. The van der Waals surface area contributed by atoms with Gasteiger partial charge in [-0.25, -0.2) is 0 Å². The Morgan fingerprint density at radius 3 is 2.75 bits per heavy atom. The highest BCUT2D eigenvalue weighted by molar-refractivity contribution is 5.91. The van der Waals surface area contributed by atoms with Crippen LogP contribution in [0.2, 0.25) is 0 Å². The van der Waals surface area contributed by atoms with Gasteiger partial charge < -0.3 is 4.90 Å². The molecular formula is C13H22N2O. The first-order chi connectivity index (χ1) is 7.71. The van der Waals surface area contributed by atoms with Crippen LogP contribution in [0.15, 0.2) is 0 Å². The number of nitrogens with zero attached hydrogens (tertiary/aromatic N) is 1. The van der Waals surface area contributed by atoms with E-state index in [9.17, 15) is 4.79 Å². The lowest BCUT2D eigenvalue weighted by atomic mass is 10.0. The van der Waals surface area contributed by atoms with Crippen LogP contribution in [-0.4, -0.2) is 29.1 Å². The van der Waals surface area contributed by atoms with Crippen LogP contribution in [0.1, 0.15) is 51.9 Å². The summed E-state index contributed by atoms with van der Waals surface area (Å²) in [5, 5.41) is 3.41. The summed E-state index contributed by atoms with van der Waals surface area (Å²) in [5.41, 5.74) is -0.0993. The fourth-order valence-corrected chi connectivity index (χ4v) is 3.25. The van der Waals surface area contributed by atoms with Crippen molar-refractivity contribution in [1.29, 1.82) is 0 Å². The highest BCUT2D eigenvalue weighted by Crippen LogP contribution is 2.41. The molecule has 2 unspecified atom stereocenters. The van der Waals surface area contributed by atoms with Crippen LogP contribution in [0.25, 0.3) is 0 Å². The number of carbonyl (C=O) groups excluding carboxylic acids is 1. The van der Waals surface area contributed by atoms with E-state index >= 15 is 0 Å². The van der Waals surface area contributed by atoms with Gasteiger partial charge in [-0.15, -0.1) is 0 Å². The number of hydrogen-bond donors (Lipinski definition) is 1. The van der Waals surface area contributed by atoms with Crippen molar-refractivity contribution < 1.29 is 4.79 Å². The first-order valence-corrected chi connectivity index (χ1v) is 6.77. The van der Waals surface area contributed by atoms with Crippen molar-refractivity contribution in [3.63, 3.8) is 0 Å². The molecule has 1 spiro atoms. The lowest BCUT2D eigenvalue weighted by Crippen LogP contribution is -2.39. The molecule has 3 fully saturated rings. The summed E-state index contributed by atoms with van der Waals surface area (Å²) in [6.07, 6.45) is 8.48. The van der Waals surface area contributed by atoms with Gasteiger partial charge in [-0.3, -0.25) is 10.1 Å². The second-order valence-electron chi connectivity index (χ2n) is 5.96. The third kappa shape index (κ3) is 1.65. The molecule has 1 amide bonds. The lowest BCUT2D eigenvalue weighted by Gasteiger charge is -2.26. The predicted octanol–water partition coefficient (Wildman–Crippen LogP) is 1.88. The minimum absolute atomic E-state index is 0.0993. The molecular weight excluding hydrogens is 200 g/mol. The van der Waals surface area contributed by atoms with Gasteiger partial charge in [0.15, 0.2) is 0 Å². The smallest absolute Gasteiger partial charge is 0.244 e. The largest absolute Gasteiger partial charge is 0.325 e. The van der Waals surface area contributed by atoms with Crippen molar-refractivity contribution >= 4 is 5.91 Å². The number of rotatable bonds is 1. The topological polar surface area (TPSA) is 32.3 Å². The van der Waals surface area contributed by atoms with Crippen molar-refractivity contribution in [2.24, 2.45) is 5.92 Å². The zero-order chi connectivity index (χ0) is 11.2. The molecule has 1 N–H and O–H groups in total. The molecule has 16 heavy (non-hydrogen) atoms. The van der Waals surface area contributed by atoms with Gasteiger partial charge >= 0.3 is 0 Å². The maximum Gasteiger partial charge on any atom is 0.244 e. The molecule has 3 nitrogen and oxygen atoms in total. The van der Waals surface area contributed by atoms with E-state index in [-0.39, 0.29) is 5.54 Å². The summed E-state index contributed by atoms with van der Waals surface area (Å²) in [6, 6.07) is 0.518. The van der Waals surface area contributed by atoms with Crippen molar-refractivity contribution in [3.8, 4) is 0 Å². The van der Waals surface area contributed by atoms with E-state index in [0.29, 0.717) is 11.9 Å². The van der Waals surface area contributed by atoms with Gasteiger partial charge in [0, 0.05) is 6.04 Å². The highest BCUT2D eigenvalue weighted by Gasteiger charge is 2.56. The van der Waals surface area contributed by atoms with E-state index in [1.165, 1.54) is 32.1 Å². The SMILES string of the molecule is CC1CCCC(N2CNC3(CC3)C2=O)CC1. The molecule has 0 aromatic carbocycles. The molecule has 1 aliphatic heterocycles. The van der Waals surface area contributed by atoms with Gasteiger partial charge in [0.1, 0.15) is 0 Å². The summed E-state index contributed by atoms with van der Waals surface area (Å²) >= 11 is 0. The molecule has 0 bridgehead atoms. The molecule has 2 atom stereocenters. The van der Waals surface area contributed by atoms with E-state index in [2.05, 4.69) is 17.1 Å². The van der Waals surface area contributed by atoms with Crippen molar-refractivity contribution in [1.82, 2.24) is 10.2 Å². The Morgan fingerprint density at radius 2 is 2.06 bits per heavy atom. The number of amides is 1. The molecule has 0 aromatic rings. The van der Waals surface area contributed by atoms with Crippen LogP contribution in [0.5, 0.6) is 0 Å². The fourth-order valence-electron chi connectivity index (χ4n) is 3.25. The standard InChI is InChI=1S/C13H22N2O/c1-10-3-2-4-11(6-5-10)15-9-14-13(7-8-13)12(15)16/h10-11,14H,2-9H2,1H3. The molecule has 0 radical (unpaired) electrons. The molecule has 1 heterocycles. The van der Waals surface area contributed by atoms with Crippen LogP contribution in [-0.2, 0) is 4.79 Å². The Labute approximate surface area is 97.6 Å². The fraction of sp³-hybridized carbons (Fsp3) is 0.923. The zero-order valence-corrected chi connectivity index (χ0v) is 10.2. The van der Waals surface area contributed by atoms with Gasteiger partial charge in [-0.05, 0) is 38.0 Å². The van der Waals surface area contributed by atoms with E-state index in [0.717, 1.165) is 25.4 Å². The molecule has 2 saturated carbocycles. The number of nitrogens with one attached hydrogen (secondary N) is 1. The second kappa shape index (κ2) is 3.73. The van der Waals surface area contributed by atoms with E-state index in [1.807, 2.05) is 0 Å². The van der Waals surface area contributed by atoms with Gasteiger partial charge in [0.05, 0.1) is 12.2 Å². The molecule has 3 heteroatoms. The minimum Gasteiger partial charge on any atom is -0.325 e. The van der Waals surface area contributed by atoms with Crippen molar-refractivity contribution in [2.45, 2.75) is 63.5 Å². The van der Waals surface area contributed by atoms with Crippen LogP contribution in [0.3, 0.4) is 0 Å². The Balaban J connectivity index is 1.66. The molecule has 2 aliphatic carbocycles. The zero-order valence-electron chi connectivity index (χ0n) is 10.2. The lowest BCUT2D eigenvalue weighted by molar-refractivity contribution is -0.131. The maximum absolute atomic E-state index is 12.2. The Bertz CT molecular complexity index is 298. The average Bonchev–Trinajstić information content (AvgIpc) is 3.00. The molecule has 1 saturated heterocycles. The van der Waals surface area contributed by atoms with Crippen LogP contribution < -0.4 is 5.32 Å². The van der Waals surface area contributed by atoms with Crippen LogP contribution in [0, 0.1) is 5.92 Å². The summed E-state index contributed by atoms with van der Waals surface area (Å²) < 4.78 is 0. The number of hydrogen-bond acceptors (Lipinski definition) is 2. The summed E-state index contributed by atoms with van der Waals surface area (Å²) in [5.74, 6) is 1.25. The van der Waals surface area contributed by atoms with Gasteiger partial charge in [-0.2, -0.15) is 0 Å². The molecule has 3 aliphatic rings. The van der Waals surface area contributed by atoms with Crippen LogP contribution >= 0.6 is 0 Å². The minimum atomic E-state index is -0.0993.